The number of ketones is 1. The van der Waals surface area contributed by atoms with Gasteiger partial charge in [0, 0.05) is 28.3 Å². The van der Waals surface area contributed by atoms with Crippen LogP contribution in [0, 0.1) is 5.41 Å². The van der Waals surface area contributed by atoms with Crippen molar-refractivity contribution in [1.82, 2.24) is 9.97 Å². The molecular weight excluding hydrogens is 606 g/mol. The quantitative estimate of drug-likeness (QED) is 0.179. The number of hydrogen-bond donors (Lipinski definition) is 2. The fraction of sp³-hybridized carbons (Fsp3) is 0.233. The molecule has 1 aliphatic rings. The third-order valence-electron chi connectivity index (χ3n) is 8.62. The number of aromatic hydroxyl groups is 1. The Kier molecular flexibility index (Phi) is 9.00. The second kappa shape index (κ2) is 13.2. The number of nitrogens with zero attached hydrogens (tertiary/aromatic N) is 2. The molecule has 248 valence electrons. The molecule has 0 bridgehead atoms. The lowest BCUT2D eigenvalue weighted by molar-refractivity contribution is 0.104. The van der Waals surface area contributed by atoms with E-state index in [1.54, 1.807) is 18.2 Å². The van der Waals surface area contributed by atoms with E-state index in [2.05, 4.69) is 52.1 Å². The molecule has 6 heteroatoms. The maximum absolute atomic E-state index is 14.2. The van der Waals surface area contributed by atoms with Crippen LogP contribution in [0.15, 0.2) is 109 Å². The first-order chi connectivity index (χ1) is 23.5. The summed E-state index contributed by atoms with van der Waals surface area (Å²) < 4.78 is 6.66. The lowest BCUT2D eigenvalue weighted by Gasteiger charge is -2.33. The molecule has 6 aromatic rings. The highest BCUT2D eigenvalue weighted by molar-refractivity contribution is 6.28. The molecule has 0 atom stereocenters. The van der Waals surface area contributed by atoms with Gasteiger partial charge in [-0.15, -0.1) is 0 Å². The SMILES string of the molecule is CC.CC(C)(C)CC(C)(C)c1ccc(Oc2cc(Nc3ccccc3)c3c4c(nc(-c5ccccc5O)nc24)-c2ccccc2C3=O)cc1. The van der Waals surface area contributed by atoms with Crippen molar-refractivity contribution in [2.45, 2.75) is 60.3 Å². The number of carbonyl (C=O) groups is 1. The number of fused-ring (bicyclic) bond motifs is 2. The first kappa shape index (κ1) is 33.4. The third-order valence-corrected chi connectivity index (χ3v) is 8.62. The lowest BCUT2D eigenvalue weighted by atomic mass is 9.72. The monoisotopic (exact) mass is 649 g/mol. The number of nitrogens with one attached hydrogen (secondary N) is 1. The Labute approximate surface area is 288 Å². The molecule has 7 rings (SSSR count). The van der Waals surface area contributed by atoms with E-state index in [1.165, 1.54) is 5.56 Å². The Bertz CT molecular complexity index is 2150. The molecule has 0 saturated carbocycles. The van der Waals surface area contributed by atoms with Crippen LogP contribution in [0.2, 0.25) is 0 Å². The maximum Gasteiger partial charge on any atom is 0.196 e. The fourth-order valence-corrected chi connectivity index (χ4v) is 6.90. The fourth-order valence-electron chi connectivity index (χ4n) is 6.90. The van der Waals surface area contributed by atoms with Crippen molar-refractivity contribution in [1.29, 1.82) is 0 Å². The number of anilines is 2. The summed E-state index contributed by atoms with van der Waals surface area (Å²) in [5.41, 5.74) is 6.17. The Balaban J connectivity index is 0.00000205. The van der Waals surface area contributed by atoms with Gasteiger partial charge in [0.2, 0.25) is 0 Å². The van der Waals surface area contributed by atoms with Crippen molar-refractivity contribution in [3.05, 3.63) is 126 Å². The molecule has 0 radical (unpaired) electrons. The van der Waals surface area contributed by atoms with Gasteiger partial charge < -0.3 is 15.2 Å². The van der Waals surface area contributed by atoms with Crippen molar-refractivity contribution in [3.8, 4) is 39.9 Å². The number of hydrogen-bond acceptors (Lipinski definition) is 6. The van der Waals surface area contributed by atoms with Crippen LogP contribution in [0.3, 0.4) is 0 Å². The number of benzene rings is 5. The zero-order chi connectivity index (χ0) is 34.9. The van der Waals surface area contributed by atoms with Crippen LogP contribution < -0.4 is 10.1 Å². The second-order valence-electron chi connectivity index (χ2n) is 14.0. The zero-order valence-electron chi connectivity index (χ0n) is 29.3. The predicted molar refractivity (Wildman–Crippen MR) is 200 cm³/mol. The van der Waals surface area contributed by atoms with Crippen molar-refractivity contribution in [2.24, 2.45) is 5.41 Å². The van der Waals surface area contributed by atoms with E-state index in [0.717, 1.165) is 12.1 Å². The molecule has 0 unspecified atom stereocenters. The number of aromatic nitrogens is 2. The van der Waals surface area contributed by atoms with Crippen LogP contribution in [-0.4, -0.2) is 20.9 Å². The van der Waals surface area contributed by atoms with Crippen molar-refractivity contribution < 1.29 is 14.6 Å². The minimum absolute atomic E-state index is 0.0165. The number of ether oxygens (including phenoxy) is 1. The van der Waals surface area contributed by atoms with Crippen LogP contribution in [0.1, 0.15) is 76.4 Å². The van der Waals surface area contributed by atoms with Crippen LogP contribution >= 0.6 is 0 Å². The van der Waals surface area contributed by atoms with E-state index >= 15 is 0 Å². The largest absolute Gasteiger partial charge is 0.507 e. The number of carbonyl (C=O) groups excluding carboxylic acids is 1. The average Bonchev–Trinajstić information content (AvgIpc) is 3.08. The summed E-state index contributed by atoms with van der Waals surface area (Å²) in [7, 11) is 0. The van der Waals surface area contributed by atoms with Crippen molar-refractivity contribution in [3.63, 3.8) is 0 Å². The summed E-state index contributed by atoms with van der Waals surface area (Å²) >= 11 is 0. The smallest absolute Gasteiger partial charge is 0.196 e. The molecule has 1 heterocycles. The molecule has 6 nitrogen and oxygen atoms in total. The summed E-state index contributed by atoms with van der Waals surface area (Å²) in [4.78, 5) is 24.2. The van der Waals surface area contributed by atoms with Gasteiger partial charge in [0.05, 0.1) is 22.5 Å². The van der Waals surface area contributed by atoms with Gasteiger partial charge in [0.1, 0.15) is 17.0 Å². The Morgan fingerprint density at radius 1 is 0.735 bits per heavy atom. The maximum atomic E-state index is 14.2. The third kappa shape index (κ3) is 6.64. The minimum Gasteiger partial charge on any atom is -0.507 e. The van der Waals surface area contributed by atoms with E-state index in [1.807, 2.05) is 92.7 Å². The van der Waals surface area contributed by atoms with E-state index in [4.69, 9.17) is 14.7 Å². The number of para-hydroxylation sites is 2. The molecule has 1 aromatic heterocycles. The molecule has 0 amide bonds. The van der Waals surface area contributed by atoms with Crippen LogP contribution in [0.5, 0.6) is 17.2 Å². The van der Waals surface area contributed by atoms with Crippen molar-refractivity contribution >= 4 is 28.1 Å². The number of rotatable bonds is 7. The zero-order valence-corrected chi connectivity index (χ0v) is 29.3. The van der Waals surface area contributed by atoms with Gasteiger partial charge in [-0.3, -0.25) is 4.79 Å². The molecule has 0 saturated heterocycles. The van der Waals surface area contributed by atoms with E-state index in [9.17, 15) is 9.90 Å². The standard InChI is InChI=1S/C41H37N3O3.C2H6/c1-40(2,3)24-41(4,5)25-19-21-27(22-20-25)47-33-23-31(42-26-13-7-6-8-14-26)34-35-36(28-15-9-10-16-29(28)38(34)46)43-39(44-37(33)35)30-17-11-12-18-32(30)45;1-2/h6-23,42,45H,24H2,1-5H3;1-2H3. The van der Waals surface area contributed by atoms with Crippen LogP contribution in [0.4, 0.5) is 11.4 Å². The lowest BCUT2D eigenvalue weighted by Crippen LogP contribution is -2.24. The molecule has 2 N–H and O–H groups in total. The summed E-state index contributed by atoms with van der Waals surface area (Å²) in [6.07, 6.45) is 1.03. The second-order valence-corrected chi connectivity index (χ2v) is 14.0. The molecule has 0 fully saturated rings. The van der Waals surface area contributed by atoms with E-state index in [0.29, 0.717) is 61.9 Å². The van der Waals surface area contributed by atoms with Gasteiger partial charge in [-0.1, -0.05) is 115 Å². The summed E-state index contributed by atoms with van der Waals surface area (Å²) in [6, 6.07) is 34.3. The number of phenolic OH excluding ortho intramolecular Hbond substituents is 1. The van der Waals surface area contributed by atoms with Crippen LogP contribution in [-0.2, 0) is 5.41 Å². The van der Waals surface area contributed by atoms with E-state index < -0.39 is 0 Å². The molecular formula is C43H43N3O3. The summed E-state index contributed by atoms with van der Waals surface area (Å²) in [5.74, 6) is 1.41. The molecule has 5 aromatic carbocycles. The Morgan fingerprint density at radius 3 is 2.00 bits per heavy atom. The Morgan fingerprint density at radius 2 is 1.35 bits per heavy atom. The molecule has 49 heavy (non-hydrogen) atoms. The summed E-state index contributed by atoms with van der Waals surface area (Å²) in [6.45, 7) is 15.3. The Hall–Kier alpha value is -5.49. The van der Waals surface area contributed by atoms with Gasteiger partial charge >= 0.3 is 0 Å². The predicted octanol–water partition coefficient (Wildman–Crippen LogP) is 11.5. The first-order valence-corrected chi connectivity index (χ1v) is 16.9. The highest BCUT2D eigenvalue weighted by Gasteiger charge is 2.33. The highest BCUT2D eigenvalue weighted by Crippen LogP contribution is 2.47. The van der Waals surface area contributed by atoms with Gasteiger partial charge in [0.15, 0.2) is 17.4 Å². The summed E-state index contributed by atoms with van der Waals surface area (Å²) in [5, 5.41) is 14.9. The van der Waals surface area contributed by atoms with Gasteiger partial charge in [0.25, 0.3) is 0 Å². The normalized spacial score (nSPS) is 12.2. The van der Waals surface area contributed by atoms with Gasteiger partial charge in [-0.05, 0) is 59.2 Å². The van der Waals surface area contributed by atoms with Crippen LogP contribution in [0.25, 0.3) is 33.5 Å². The van der Waals surface area contributed by atoms with Gasteiger partial charge in [-0.25, -0.2) is 9.97 Å². The number of phenols is 1. The topological polar surface area (TPSA) is 84.3 Å². The minimum atomic E-state index is -0.118. The molecule has 1 aliphatic carbocycles. The first-order valence-electron chi connectivity index (χ1n) is 16.9. The highest BCUT2D eigenvalue weighted by atomic mass is 16.5. The van der Waals surface area contributed by atoms with E-state index in [-0.39, 0.29) is 22.4 Å². The average molecular weight is 650 g/mol. The van der Waals surface area contributed by atoms with Crippen molar-refractivity contribution in [2.75, 3.05) is 5.32 Å². The molecule has 0 aliphatic heterocycles. The van der Waals surface area contributed by atoms with Gasteiger partial charge in [-0.2, -0.15) is 0 Å². The molecule has 0 spiro atoms.